The summed E-state index contributed by atoms with van der Waals surface area (Å²) in [6.07, 6.45) is 3.79. The van der Waals surface area contributed by atoms with Gasteiger partial charge < -0.3 is 15.5 Å². The molecule has 25 heavy (non-hydrogen) atoms. The third-order valence-corrected chi connectivity index (χ3v) is 4.70. The van der Waals surface area contributed by atoms with E-state index >= 15 is 0 Å². The molecule has 1 heterocycles. The Morgan fingerprint density at radius 3 is 2.52 bits per heavy atom. The number of aryl methyl sites for hydroxylation is 2. The first-order chi connectivity index (χ1) is 12.1. The number of hydrogen-bond donors (Lipinski definition) is 2. The smallest absolute Gasteiger partial charge is 0.243 e. The van der Waals surface area contributed by atoms with Crippen molar-refractivity contribution in [1.82, 2.24) is 0 Å². The van der Waals surface area contributed by atoms with Crippen LogP contribution in [-0.4, -0.2) is 25.5 Å². The molecule has 1 aliphatic rings. The van der Waals surface area contributed by atoms with Crippen LogP contribution in [0.4, 0.5) is 17.1 Å². The summed E-state index contributed by atoms with van der Waals surface area (Å²) >= 11 is 0. The van der Waals surface area contributed by atoms with Crippen LogP contribution in [0, 0.1) is 13.8 Å². The van der Waals surface area contributed by atoms with Crippen LogP contribution in [0.3, 0.4) is 0 Å². The van der Waals surface area contributed by atoms with Gasteiger partial charge in [-0.25, -0.2) is 0 Å². The Hall–Kier alpha value is -2.49. The second kappa shape index (κ2) is 8.06. The minimum absolute atomic E-state index is 0.0274. The van der Waals surface area contributed by atoms with Crippen molar-refractivity contribution in [3.63, 3.8) is 0 Å². The molecule has 0 radical (unpaired) electrons. The minimum Gasteiger partial charge on any atom is -0.374 e. The number of hydrogen-bond acceptors (Lipinski definition) is 3. The molecule has 1 saturated heterocycles. The number of piperidine rings is 1. The number of carbonyl (C=O) groups is 1. The maximum atomic E-state index is 12.3. The molecule has 3 rings (SSSR count). The SMILES string of the molecule is Cc1ccc(NC(=O)CNc2ccccc2N2CCCCC2)c(C)c1. The average Bonchev–Trinajstić information content (AvgIpc) is 2.63. The number of nitrogens with zero attached hydrogens (tertiary/aromatic N) is 1. The number of para-hydroxylation sites is 2. The second-order valence-electron chi connectivity index (χ2n) is 6.78. The number of carbonyl (C=O) groups excluding carboxylic acids is 1. The molecule has 0 bridgehead atoms. The number of rotatable bonds is 5. The highest BCUT2D eigenvalue weighted by Gasteiger charge is 2.14. The summed E-state index contributed by atoms with van der Waals surface area (Å²) in [5.41, 5.74) is 5.38. The van der Waals surface area contributed by atoms with Crippen LogP contribution in [0.2, 0.25) is 0 Å². The number of nitrogens with one attached hydrogen (secondary N) is 2. The predicted octanol–water partition coefficient (Wildman–Crippen LogP) is 4.34. The van der Waals surface area contributed by atoms with E-state index in [-0.39, 0.29) is 12.5 Å². The molecule has 2 aromatic carbocycles. The van der Waals surface area contributed by atoms with Crippen molar-refractivity contribution in [2.75, 3.05) is 35.2 Å². The largest absolute Gasteiger partial charge is 0.374 e. The van der Waals surface area contributed by atoms with Gasteiger partial charge in [0.05, 0.1) is 17.9 Å². The van der Waals surface area contributed by atoms with Crippen LogP contribution in [0.25, 0.3) is 0 Å². The first kappa shape index (κ1) is 17.3. The van der Waals surface area contributed by atoms with E-state index in [1.165, 1.54) is 30.5 Å². The van der Waals surface area contributed by atoms with Gasteiger partial charge in [-0.15, -0.1) is 0 Å². The highest BCUT2D eigenvalue weighted by atomic mass is 16.1. The first-order valence-corrected chi connectivity index (χ1v) is 9.08. The summed E-state index contributed by atoms with van der Waals surface area (Å²) < 4.78 is 0. The maximum absolute atomic E-state index is 12.3. The Morgan fingerprint density at radius 2 is 1.76 bits per heavy atom. The molecule has 0 atom stereocenters. The Bertz CT molecular complexity index is 736. The Morgan fingerprint density at radius 1 is 1.00 bits per heavy atom. The van der Waals surface area contributed by atoms with E-state index in [0.717, 1.165) is 30.0 Å². The lowest BCUT2D eigenvalue weighted by Crippen LogP contribution is -2.30. The van der Waals surface area contributed by atoms with E-state index in [2.05, 4.69) is 40.7 Å². The molecular weight excluding hydrogens is 310 g/mol. The Balaban J connectivity index is 1.62. The van der Waals surface area contributed by atoms with Gasteiger partial charge in [0.25, 0.3) is 0 Å². The number of benzene rings is 2. The third-order valence-electron chi connectivity index (χ3n) is 4.70. The molecule has 2 aromatic rings. The molecule has 0 aliphatic carbocycles. The van der Waals surface area contributed by atoms with E-state index in [1.54, 1.807) is 0 Å². The summed E-state index contributed by atoms with van der Waals surface area (Å²) in [4.78, 5) is 14.7. The van der Waals surface area contributed by atoms with Crippen molar-refractivity contribution in [2.45, 2.75) is 33.1 Å². The van der Waals surface area contributed by atoms with Gasteiger partial charge in [-0.3, -0.25) is 4.79 Å². The van der Waals surface area contributed by atoms with Crippen LogP contribution in [0.15, 0.2) is 42.5 Å². The highest BCUT2D eigenvalue weighted by Crippen LogP contribution is 2.28. The van der Waals surface area contributed by atoms with E-state index in [9.17, 15) is 4.79 Å². The molecule has 4 nitrogen and oxygen atoms in total. The molecule has 2 N–H and O–H groups in total. The fraction of sp³-hybridized carbons (Fsp3) is 0.381. The molecule has 0 spiro atoms. The standard InChI is InChI=1S/C21H27N3O/c1-16-10-11-18(17(2)14-16)23-21(25)15-22-19-8-4-5-9-20(19)24-12-6-3-7-13-24/h4-5,8-11,14,22H,3,6-7,12-13,15H2,1-2H3,(H,23,25). The summed E-state index contributed by atoms with van der Waals surface area (Å²) in [6, 6.07) is 14.3. The van der Waals surface area contributed by atoms with Crippen LogP contribution in [0.5, 0.6) is 0 Å². The summed E-state index contributed by atoms with van der Waals surface area (Å²) in [6.45, 7) is 6.51. The maximum Gasteiger partial charge on any atom is 0.243 e. The van der Waals surface area contributed by atoms with E-state index in [1.807, 2.05) is 31.2 Å². The van der Waals surface area contributed by atoms with Crippen molar-refractivity contribution in [3.8, 4) is 0 Å². The van der Waals surface area contributed by atoms with Crippen molar-refractivity contribution < 1.29 is 4.79 Å². The first-order valence-electron chi connectivity index (χ1n) is 9.08. The zero-order valence-electron chi connectivity index (χ0n) is 15.1. The lowest BCUT2D eigenvalue weighted by Gasteiger charge is -2.30. The predicted molar refractivity (Wildman–Crippen MR) is 106 cm³/mol. The zero-order valence-corrected chi connectivity index (χ0v) is 15.1. The summed E-state index contributed by atoms with van der Waals surface area (Å²) in [5.74, 6) is -0.0274. The second-order valence-corrected chi connectivity index (χ2v) is 6.78. The fourth-order valence-electron chi connectivity index (χ4n) is 3.36. The van der Waals surface area contributed by atoms with E-state index in [4.69, 9.17) is 0 Å². The van der Waals surface area contributed by atoms with Gasteiger partial charge in [-0.1, -0.05) is 29.8 Å². The lowest BCUT2D eigenvalue weighted by atomic mass is 10.1. The Kier molecular flexibility index (Phi) is 5.59. The van der Waals surface area contributed by atoms with Gasteiger partial charge >= 0.3 is 0 Å². The van der Waals surface area contributed by atoms with Gasteiger partial charge in [0.2, 0.25) is 5.91 Å². The highest BCUT2D eigenvalue weighted by molar-refractivity contribution is 5.95. The minimum atomic E-state index is -0.0274. The molecule has 0 unspecified atom stereocenters. The lowest BCUT2D eigenvalue weighted by molar-refractivity contribution is -0.114. The molecule has 1 amide bonds. The van der Waals surface area contributed by atoms with Gasteiger partial charge in [0, 0.05) is 18.8 Å². The molecule has 0 saturated carbocycles. The normalized spacial score (nSPS) is 14.2. The average molecular weight is 337 g/mol. The summed E-state index contributed by atoms with van der Waals surface area (Å²) in [5, 5.41) is 6.30. The van der Waals surface area contributed by atoms with Crippen LogP contribution in [0.1, 0.15) is 30.4 Å². The van der Waals surface area contributed by atoms with Crippen molar-refractivity contribution in [2.24, 2.45) is 0 Å². The molecule has 1 fully saturated rings. The molecule has 0 aromatic heterocycles. The van der Waals surface area contributed by atoms with E-state index in [0.29, 0.717) is 0 Å². The Labute approximate surface area is 150 Å². The van der Waals surface area contributed by atoms with Crippen LogP contribution in [-0.2, 0) is 4.79 Å². The molecular formula is C21H27N3O. The van der Waals surface area contributed by atoms with Crippen molar-refractivity contribution in [3.05, 3.63) is 53.6 Å². The quantitative estimate of drug-likeness (QED) is 0.853. The third kappa shape index (κ3) is 4.53. The van der Waals surface area contributed by atoms with Crippen LogP contribution >= 0.6 is 0 Å². The van der Waals surface area contributed by atoms with Crippen molar-refractivity contribution in [1.29, 1.82) is 0 Å². The monoisotopic (exact) mass is 337 g/mol. The molecule has 1 aliphatic heterocycles. The van der Waals surface area contributed by atoms with Gasteiger partial charge in [0.15, 0.2) is 0 Å². The van der Waals surface area contributed by atoms with E-state index < -0.39 is 0 Å². The topological polar surface area (TPSA) is 44.4 Å². The molecule has 4 heteroatoms. The fourth-order valence-corrected chi connectivity index (χ4v) is 3.36. The number of amides is 1. The molecule has 132 valence electrons. The number of anilines is 3. The van der Waals surface area contributed by atoms with Gasteiger partial charge in [-0.2, -0.15) is 0 Å². The van der Waals surface area contributed by atoms with Crippen molar-refractivity contribution >= 4 is 23.0 Å². The summed E-state index contributed by atoms with van der Waals surface area (Å²) in [7, 11) is 0. The zero-order chi connectivity index (χ0) is 17.6. The van der Waals surface area contributed by atoms with Gasteiger partial charge in [0.1, 0.15) is 0 Å². The van der Waals surface area contributed by atoms with Crippen LogP contribution < -0.4 is 15.5 Å². The van der Waals surface area contributed by atoms with Gasteiger partial charge in [-0.05, 0) is 56.9 Å².